The van der Waals surface area contributed by atoms with Crippen LogP contribution in [0.3, 0.4) is 0 Å². The summed E-state index contributed by atoms with van der Waals surface area (Å²) in [5.41, 5.74) is 7.59. The summed E-state index contributed by atoms with van der Waals surface area (Å²) < 4.78 is 5.24. The maximum absolute atomic E-state index is 5.90. The van der Waals surface area contributed by atoms with Gasteiger partial charge in [0, 0.05) is 10.6 Å². The second-order valence-electron chi connectivity index (χ2n) is 2.97. The molecule has 72 valence electrons. The highest BCUT2D eigenvalue weighted by atomic mass is 35.5. The van der Waals surface area contributed by atoms with Crippen molar-refractivity contribution in [3.05, 3.63) is 47.4 Å². The first-order valence-corrected chi connectivity index (χ1v) is 4.71. The molecule has 3 heteroatoms. The zero-order valence-electron chi connectivity index (χ0n) is 7.53. The molecule has 0 amide bonds. The van der Waals surface area contributed by atoms with Crippen LogP contribution in [0.15, 0.2) is 41.0 Å². The van der Waals surface area contributed by atoms with Gasteiger partial charge < -0.3 is 10.2 Å². The van der Waals surface area contributed by atoms with Crippen LogP contribution in [-0.4, -0.2) is 0 Å². The normalized spacial score (nSPS) is 10.4. The first-order valence-electron chi connectivity index (χ1n) is 4.33. The molecule has 14 heavy (non-hydrogen) atoms. The second kappa shape index (κ2) is 3.86. The van der Waals surface area contributed by atoms with E-state index in [2.05, 4.69) is 0 Å². The van der Waals surface area contributed by atoms with Crippen LogP contribution in [0.2, 0.25) is 5.02 Å². The van der Waals surface area contributed by atoms with Crippen molar-refractivity contribution < 1.29 is 4.42 Å². The molecule has 0 bridgehead atoms. The lowest BCUT2D eigenvalue weighted by Crippen LogP contribution is -1.95. The Kier molecular flexibility index (Phi) is 2.57. The van der Waals surface area contributed by atoms with Crippen LogP contribution < -0.4 is 5.73 Å². The molecular weight excluding hydrogens is 198 g/mol. The molecule has 0 spiro atoms. The highest BCUT2D eigenvalue weighted by molar-refractivity contribution is 6.30. The van der Waals surface area contributed by atoms with Crippen LogP contribution in [0.1, 0.15) is 5.76 Å². The van der Waals surface area contributed by atoms with Gasteiger partial charge in [-0.2, -0.15) is 0 Å². The molecule has 2 nitrogen and oxygen atoms in total. The highest BCUT2D eigenvalue weighted by Gasteiger charge is 2.06. The Balaban J connectivity index is 2.49. The van der Waals surface area contributed by atoms with Gasteiger partial charge >= 0.3 is 0 Å². The third-order valence-corrected chi connectivity index (χ3v) is 2.30. The third-order valence-electron chi connectivity index (χ3n) is 2.07. The van der Waals surface area contributed by atoms with E-state index in [-0.39, 0.29) is 0 Å². The molecule has 2 aromatic rings. The van der Waals surface area contributed by atoms with Crippen LogP contribution in [0.4, 0.5) is 0 Å². The average molecular weight is 208 g/mol. The average Bonchev–Trinajstić information content (AvgIpc) is 2.65. The molecule has 0 saturated carbocycles. The van der Waals surface area contributed by atoms with E-state index in [9.17, 15) is 0 Å². The Labute approximate surface area is 87.3 Å². The van der Waals surface area contributed by atoms with Crippen molar-refractivity contribution in [3.63, 3.8) is 0 Å². The maximum Gasteiger partial charge on any atom is 0.125 e. The second-order valence-corrected chi connectivity index (χ2v) is 3.41. The first-order chi connectivity index (χ1) is 6.81. The van der Waals surface area contributed by atoms with Gasteiger partial charge in [0.05, 0.1) is 12.8 Å². The van der Waals surface area contributed by atoms with E-state index in [1.54, 1.807) is 6.26 Å². The lowest BCUT2D eigenvalue weighted by atomic mass is 10.1. The fourth-order valence-corrected chi connectivity index (χ4v) is 1.60. The summed E-state index contributed by atoms with van der Waals surface area (Å²) in [5.74, 6) is 0.785. The monoisotopic (exact) mass is 207 g/mol. The Hall–Kier alpha value is -1.25. The summed E-state index contributed by atoms with van der Waals surface area (Å²) in [6.45, 7) is 0.398. The molecule has 0 aliphatic rings. The number of furan rings is 1. The smallest absolute Gasteiger partial charge is 0.125 e. The van der Waals surface area contributed by atoms with Gasteiger partial charge in [-0.3, -0.25) is 0 Å². The number of nitrogens with two attached hydrogens (primary N) is 1. The van der Waals surface area contributed by atoms with Gasteiger partial charge in [-0.1, -0.05) is 23.7 Å². The molecule has 2 rings (SSSR count). The van der Waals surface area contributed by atoms with Crippen molar-refractivity contribution in [2.45, 2.75) is 6.54 Å². The largest absolute Gasteiger partial charge is 0.467 e. The van der Waals surface area contributed by atoms with E-state index in [0.717, 1.165) is 16.9 Å². The van der Waals surface area contributed by atoms with Gasteiger partial charge in [-0.15, -0.1) is 0 Å². The minimum absolute atomic E-state index is 0.398. The molecule has 0 saturated heterocycles. The minimum Gasteiger partial charge on any atom is -0.467 e. The fraction of sp³-hybridized carbons (Fsp3) is 0.0909. The van der Waals surface area contributed by atoms with Gasteiger partial charge in [0.2, 0.25) is 0 Å². The van der Waals surface area contributed by atoms with Crippen LogP contribution >= 0.6 is 11.6 Å². The Morgan fingerprint density at radius 3 is 2.86 bits per heavy atom. The van der Waals surface area contributed by atoms with Crippen molar-refractivity contribution in [1.29, 1.82) is 0 Å². The molecule has 1 aromatic carbocycles. The summed E-state index contributed by atoms with van der Waals surface area (Å²) in [7, 11) is 0. The predicted molar refractivity (Wildman–Crippen MR) is 57.0 cm³/mol. The molecule has 0 atom stereocenters. The molecule has 0 aliphatic heterocycles. The number of hydrogen-bond donors (Lipinski definition) is 1. The Morgan fingerprint density at radius 1 is 1.29 bits per heavy atom. The van der Waals surface area contributed by atoms with Crippen LogP contribution in [0.25, 0.3) is 11.1 Å². The van der Waals surface area contributed by atoms with Crippen LogP contribution in [-0.2, 0) is 6.54 Å². The van der Waals surface area contributed by atoms with Crippen LogP contribution in [0.5, 0.6) is 0 Å². The van der Waals surface area contributed by atoms with E-state index in [1.165, 1.54) is 0 Å². The van der Waals surface area contributed by atoms with E-state index < -0.39 is 0 Å². The predicted octanol–water partition coefficient (Wildman–Crippen LogP) is 3.06. The fourth-order valence-electron chi connectivity index (χ4n) is 1.41. The van der Waals surface area contributed by atoms with Gasteiger partial charge in [-0.05, 0) is 23.8 Å². The van der Waals surface area contributed by atoms with Crippen molar-refractivity contribution in [2.75, 3.05) is 0 Å². The lowest BCUT2D eigenvalue weighted by Gasteiger charge is -2.00. The van der Waals surface area contributed by atoms with Crippen molar-refractivity contribution in [1.82, 2.24) is 0 Å². The molecule has 0 aliphatic carbocycles. The van der Waals surface area contributed by atoms with E-state index in [4.69, 9.17) is 21.8 Å². The third kappa shape index (κ3) is 1.67. The zero-order valence-corrected chi connectivity index (χ0v) is 8.29. The first kappa shape index (κ1) is 9.31. The quantitative estimate of drug-likeness (QED) is 0.822. The van der Waals surface area contributed by atoms with Gasteiger partial charge in [0.25, 0.3) is 0 Å². The summed E-state index contributed by atoms with van der Waals surface area (Å²) in [5, 5.41) is 0.715. The lowest BCUT2D eigenvalue weighted by molar-refractivity contribution is 0.513. The van der Waals surface area contributed by atoms with E-state index in [1.807, 2.05) is 30.3 Å². The summed E-state index contributed by atoms with van der Waals surface area (Å²) in [6.07, 6.45) is 1.64. The van der Waals surface area contributed by atoms with Gasteiger partial charge in [0.15, 0.2) is 0 Å². The molecule has 2 N–H and O–H groups in total. The standard InChI is InChI=1S/C11H10ClNO/c12-9-3-1-2-8(6-9)10-4-5-14-11(10)7-13/h1-6H,7,13H2. The van der Waals surface area contributed by atoms with Gasteiger partial charge in [0.1, 0.15) is 5.76 Å². The molecule has 0 radical (unpaired) electrons. The van der Waals surface area contributed by atoms with E-state index in [0.29, 0.717) is 11.6 Å². The summed E-state index contributed by atoms with van der Waals surface area (Å²) >= 11 is 5.90. The summed E-state index contributed by atoms with van der Waals surface area (Å²) in [4.78, 5) is 0. The van der Waals surface area contributed by atoms with Gasteiger partial charge in [-0.25, -0.2) is 0 Å². The Morgan fingerprint density at radius 2 is 2.14 bits per heavy atom. The Bertz CT molecular complexity index is 436. The maximum atomic E-state index is 5.90. The van der Waals surface area contributed by atoms with Crippen molar-refractivity contribution in [3.8, 4) is 11.1 Å². The summed E-state index contributed by atoms with van der Waals surface area (Å²) in [6, 6.07) is 9.52. The number of hydrogen-bond acceptors (Lipinski definition) is 2. The minimum atomic E-state index is 0.398. The SMILES string of the molecule is NCc1occc1-c1cccc(Cl)c1. The molecular formula is C11H10ClNO. The molecule has 0 unspecified atom stereocenters. The molecule has 1 aromatic heterocycles. The molecule has 1 heterocycles. The van der Waals surface area contributed by atoms with Crippen molar-refractivity contribution >= 4 is 11.6 Å². The number of halogens is 1. The number of rotatable bonds is 2. The topological polar surface area (TPSA) is 39.2 Å². The van der Waals surface area contributed by atoms with Crippen molar-refractivity contribution in [2.24, 2.45) is 5.73 Å². The van der Waals surface area contributed by atoms with E-state index >= 15 is 0 Å². The molecule has 0 fully saturated rings. The highest BCUT2D eigenvalue weighted by Crippen LogP contribution is 2.26. The van der Waals surface area contributed by atoms with Crippen LogP contribution in [0, 0.1) is 0 Å². The number of benzene rings is 1. The zero-order chi connectivity index (χ0) is 9.97.